The topological polar surface area (TPSA) is 12.9 Å². The lowest BCUT2D eigenvalue weighted by Crippen LogP contribution is -1.80. The van der Waals surface area contributed by atoms with Crippen LogP contribution in [0.2, 0.25) is 4.47 Å². The summed E-state index contributed by atoms with van der Waals surface area (Å²) >= 11 is 10.7. The molecule has 0 unspecified atom stereocenters. The molecule has 0 spiro atoms. The molecule has 0 aliphatic heterocycles. The van der Waals surface area contributed by atoms with Crippen LogP contribution in [0.15, 0.2) is 29.6 Å². The van der Waals surface area contributed by atoms with Crippen LogP contribution in [0.1, 0.15) is 5.56 Å². The predicted molar refractivity (Wildman–Crippen MR) is 65.2 cm³/mol. The number of alkyl halides is 1. The molecule has 0 saturated carbocycles. The second-order valence-electron chi connectivity index (χ2n) is 2.82. The van der Waals surface area contributed by atoms with Gasteiger partial charge in [-0.1, -0.05) is 45.7 Å². The Bertz CT molecular complexity index is 441. The Morgan fingerprint density at radius 1 is 1.43 bits per heavy atom. The highest BCUT2D eigenvalue weighted by Gasteiger charge is 2.02. The van der Waals surface area contributed by atoms with Gasteiger partial charge in [-0.25, -0.2) is 4.98 Å². The zero-order chi connectivity index (χ0) is 9.97. The SMILES string of the molecule is Clc1nc(-c2cccc(CBr)c2)cs1. The van der Waals surface area contributed by atoms with Gasteiger partial charge < -0.3 is 0 Å². The molecule has 2 rings (SSSR count). The summed E-state index contributed by atoms with van der Waals surface area (Å²) in [5.74, 6) is 0. The van der Waals surface area contributed by atoms with Crippen LogP contribution >= 0.6 is 38.9 Å². The minimum atomic E-state index is 0.587. The number of hydrogen-bond donors (Lipinski definition) is 0. The number of aromatic nitrogens is 1. The van der Waals surface area contributed by atoms with E-state index in [0.29, 0.717) is 4.47 Å². The molecule has 0 aliphatic rings. The number of hydrogen-bond acceptors (Lipinski definition) is 2. The molecule has 72 valence electrons. The van der Waals surface area contributed by atoms with Crippen LogP contribution < -0.4 is 0 Å². The van der Waals surface area contributed by atoms with E-state index in [0.717, 1.165) is 16.6 Å². The van der Waals surface area contributed by atoms with Crippen LogP contribution in [0.25, 0.3) is 11.3 Å². The molecule has 0 saturated heterocycles. The van der Waals surface area contributed by atoms with E-state index in [1.54, 1.807) is 0 Å². The summed E-state index contributed by atoms with van der Waals surface area (Å²) in [4.78, 5) is 4.22. The molecule has 0 radical (unpaired) electrons. The maximum absolute atomic E-state index is 5.78. The Balaban J connectivity index is 2.41. The van der Waals surface area contributed by atoms with E-state index < -0.39 is 0 Å². The summed E-state index contributed by atoms with van der Waals surface area (Å²) in [6.07, 6.45) is 0. The van der Waals surface area contributed by atoms with Crippen molar-refractivity contribution in [3.05, 3.63) is 39.7 Å². The first-order valence-electron chi connectivity index (χ1n) is 4.06. The highest BCUT2D eigenvalue weighted by atomic mass is 79.9. The molecule has 2 aromatic rings. The van der Waals surface area contributed by atoms with Gasteiger partial charge in [0, 0.05) is 16.3 Å². The molecule has 1 aromatic carbocycles. The Hall–Kier alpha value is -0.380. The van der Waals surface area contributed by atoms with E-state index >= 15 is 0 Å². The molecule has 0 bridgehead atoms. The first-order valence-corrected chi connectivity index (χ1v) is 6.44. The highest BCUT2D eigenvalue weighted by molar-refractivity contribution is 9.08. The van der Waals surface area contributed by atoms with E-state index in [1.807, 2.05) is 17.5 Å². The van der Waals surface area contributed by atoms with Gasteiger partial charge in [-0.3, -0.25) is 0 Å². The summed E-state index contributed by atoms with van der Waals surface area (Å²) in [6.45, 7) is 0. The molecule has 0 atom stereocenters. The van der Waals surface area contributed by atoms with Crippen LogP contribution in [0, 0.1) is 0 Å². The maximum Gasteiger partial charge on any atom is 0.184 e. The summed E-state index contributed by atoms with van der Waals surface area (Å²) in [7, 11) is 0. The monoisotopic (exact) mass is 287 g/mol. The zero-order valence-corrected chi connectivity index (χ0v) is 10.4. The third kappa shape index (κ3) is 2.16. The van der Waals surface area contributed by atoms with Gasteiger partial charge in [0.15, 0.2) is 4.47 Å². The molecule has 14 heavy (non-hydrogen) atoms. The fraction of sp³-hybridized carbons (Fsp3) is 0.100. The van der Waals surface area contributed by atoms with Crippen LogP contribution in [0.4, 0.5) is 0 Å². The molecular formula is C10H7BrClNS. The van der Waals surface area contributed by atoms with Gasteiger partial charge in [0.05, 0.1) is 5.69 Å². The Kier molecular flexibility index (Phi) is 3.21. The Labute approximate surface area is 99.9 Å². The minimum Gasteiger partial charge on any atom is -0.225 e. The third-order valence-corrected chi connectivity index (χ3v) is 3.48. The molecule has 0 fully saturated rings. The average molecular weight is 289 g/mol. The smallest absolute Gasteiger partial charge is 0.184 e. The van der Waals surface area contributed by atoms with Crippen molar-refractivity contribution in [3.8, 4) is 11.3 Å². The zero-order valence-electron chi connectivity index (χ0n) is 7.21. The van der Waals surface area contributed by atoms with Crippen LogP contribution in [0.5, 0.6) is 0 Å². The van der Waals surface area contributed by atoms with E-state index in [-0.39, 0.29) is 0 Å². The summed E-state index contributed by atoms with van der Waals surface area (Å²) in [5.41, 5.74) is 3.31. The van der Waals surface area contributed by atoms with Gasteiger partial charge in [-0.05, 0) is 11.6 Å². The van der Waals surface area contributed by atoms with Crippen LogP contribution in [-0.2, 0) is 5.33 Å². The lowest BCUT2D eigenvalue weighted by atomic mass is 10.1. The first-order chi connectivity index (χ1) is 6.79. The fourth-order valence-electron chi connectivity index (χ4n) is 1.20. The normalized spacial score (nSPS) is 10.4. The van der Waals surface area contributed by atoms with Gasteiger partial charge in [0.25, 0.3) is 0 Å². The maximum atomic E-state index is 5.78. The van der Waals surface area contributed by atoms with Crippen molar-refractivity contribution < 1.29 is 0 Å². The van der Waals surface area contributed by atoms with Crippen molar-refractivity contribution in [3.63, 3.8) is 0 Å². The van der Waals surface area contributed by atoms with Crippen LogP contribution in [-0.4, -0.2) is 4.98 Å². The quantitative estimate of drug-likeness (QED) is 0.748. The molecule has 0 N–H and O–H groups in total. The lowest BCUT2D eigenvalue weighted by Gasteiger charge is -1.99. The molecule has 0 amide bonds. The fourth-order valence-corrected chi connectivity index (χ4v) is 2.32. The molecule has 1 heterocycles. The standard InChI is InChI=1S/C10H7BrClNS/c11-5-7-2-1-3-8(4-7)9-6-14-10(12)13-9/h1-4,6H,5H2. The van der Waals surface area contributed by atoms with Gasteiger partial charge in [-0.2, -0.15) is 0 Å². The van der Waals surface area contributed by atoms with Gasteiger partial charge in [-0.15, -0.1) is 11.3 Å². The van der Waals surface area contributed by atoms with Gasteiger partial charge in [0.2, 0.25) is 0 Å². The summed E-state index contributed by atoms with van der Waals surface area (Å²) in [6, 6.07) is 8.25. The second-order valence-corrected chi connectivity index (χ2v) is 4.82. The van der Waals surface area contributed by atoms with E-state index in [2.05, 4.69) is 33.0 Å². The predicted octanol–water partition coefficient (Wildman–Crippen LogP) is 4.36. The molecule has 1 nitrogen and oxygen atoms in total. The number of thiazole rings is 1. The molecule has 4 heteroatoms. The minimum absolute atomic E-state index is 0.587. The number of halogens is 2. The van der Waals surface area contributed by atoms with E-state index in [4.69, 9.17) is 11.6 Å². The van der Waals surface area contributed by atoms with Crippen molar-refractivity contribution in [1.29, 1.82) is 0 Å². The largest absolute Gasteiger partial charge is 0.225 e. The number of rotatable bonds is 2. The van der Waals surface area contributed by atoms with Crippen molar-refractivity contribution in [2.24, 2.45) is 0 Å². The van der Waals surface area contributed by atoms with E-state index in [9.17, 15) is 0 Å². The van der Waals surface area contributed by atoms with E-state index in [1.165, 1.54) is 16.9 Å². The number of benzene rings is 1. The van der Waals surface area contributed by atoms with Crippen molar-refractivity contribution in [1.82, 2.24) is 4.98 Å². The van der Waals surface area contributed by atoms with Crippen molar-refractivity contribution in [2.75, 3.05) is 0 Å². The third-order valence-electron chi connectivity index (χ3n) is 1.85. The first kappa shape index (κ1) is 10.1. The van der Waals surface area contributed by atoms with Gasteiger partial charge >= 0.3 is 0 Å². The van der Waals surface area contributed by atoms with Crippen molar-refractivity contribution >= 4 is 38.9 Å². The molecule has 0 aliphatic carbocycles. The highest BCUT2D eigenvalue weighted by Crippen LogP contribution is 2.25. The van der Waals surface area contributed by atoms with Crippen molar-refractivity contribution in [2.45, 2.75) is 5.33 Å². The summed E-state index contributed by atoms with van der Waals surface area (Å²) in [5, 5.41) is 2.83. The number of nitrogens with zero attached hydrogens (tertiary/aromatic N) is 1. The Morgan fingerprint density at radius 3 is 2.93 bits per heavy atom. The van der Waals surface area contributed by atoms with Crippen LogP contribution in [0.3, 0.4) is 0 Å². The second kappa shape index (κ2) is 4.43. The molecular weight excluding hydrogens is 282 g/mol. The summed E-state index contributed by atoms with van der Waals surface area (Å²) < 4.78 is 0.587. The Morgan fingerprint density at radius 2 is 2.29 bits per heavy atom. The van der Waals surface area contributed by atoms with Gasteiger partial charge in [0.1, 0.15) is 0 Å². The lowest BCUT2D eigenvalue weighted by molar-refractivity contribution is 1.38. The molecule has 1 aromatic heterocycles. The average Bonchev–Trinajstić information content (AvgIpc) is 2.65.